The summed E-state index contributed by atoms with van der Waals surface area (Å²) >= 11 is 0. The van der Waals surface area contributed by atoms with Crippen molar-refractivity contribution in [1.82, 2.24) is 4.90 Å². The molecular weight excluding hydrogens is 625 g/mol. The lowest BCUT2D eigenvalue weighted by Crippen LogP contribution is -2.31. The van der Waals surface area contributed by atoms with E-state index in [9.17, 15) is 4.79 Å². The third-order valence-corrected chi connectivity index (χ3v) is 9.52. The van der Waals surface area contributed by atoms with Gasteiger partial charge in [-0.1, -0.05) is 111 Å². The van der Waals surface area contributed by atoms with E-state index < -0.39 is 0 Å². The summed E-state index contributed by atoms with van der Waals surface area (Å²) in [6.45, 7) is 39.8. The first-order chi connectivity index (χ1) is 24.5. The molecule has 0 aromatic heterocycles. The first-order valence-electron chi connectivity index (χ1n) is 21.9. The number of unbranched alkanes of at least 4 members (excludes halogenated alkanes) is 1. The van der Waals surface area contributed by atoms with E-state index >= 15 is 0 Å². The second-order valence-corrected chi connectivity index (χ2v) is 14.9. The Labute approximate surface area is 322 Å². The van der Waals surface area contributed by atoms with E-state index in [4.69, 9.17) is 4.74 Å². The Kier molecular flexibility index (Phi) is 40.1. The first kappa shape index (κ1) is 53.7. The molecule has 0 aromatic rings. The molecule has 0 N–H and O–H groups in total. The number of allylic oxidation sites excluding steroid dienone is 6. The zero-order valence-corrected chi connectivity index (χ0v) is 37.3. The van der Waals surface area contributed by atoms with Crippen LogP contribution >= 0.6 is 0 Å². The summed E-state index contributed by atoms with van der Waals surface area (Å²) in [5.41, 5.74) is 4.31. The Hall–Kier alpha value is -1.68. The monoisotopic (exact) mass is 718 g/mol. The minimum atomic E-state index is 0.0128. The van der Waals surface area contributed by atoms with Gasteiger partial charge in [-0.25, -0.2) is 4.58 Å². The third kappa shape index (κ3) is 31.6. The van der Waals surface area contributed by atoms with Crippen LogP contribution in [0.3, 0.4) is 0 Å². The fraction of sp³-hybridized carbons (Fsp3) is 0.830. The summed E-state index contributed by atoms with van der Waals surface area (Å²) in [6.07, 6.45) is 26.2. The van der Waals surface area contributed by atoms with Crippen LogP contribution in [0, 0.1) is 17.8 Å². The SMILES string of the molecule is C=[N+](CCCCN(CCC)CCC)C1CCC(CC)CC1.CC.CC.CCC=C(C)C.CCCOC(=O)C1CCC=C(CC(C)C=C(C)C)CC1. The van der Waals surface area contributed by atoms with Gasteiger partial charge in [-0.05, 0) is 136 Å². The molecule has 0 bridgehead atoms. The van der Waals surface area contributed by atoms with Crippen molar-refractivity contribution in [3.05, 3.63) is 34.9 Å². The van der Waals surface area contributed by atoms with E-state index in [0.717, 1.165) is 50.5 Å². The number of carbonyl (C=O) groups is 1. The molecule has 1 fully saturated rings. The van der Waals surface area contributed by atoms with E-state index in [1.54, 1.807) is 0 Å². The predicted octanol–water partition coefficient (Wildman–Crippen LogP) is 14.0. The maximum atomic E-state index is 11.9. The van der Waals surface area contributed by atoms with E-state index in [0.29, 0.717) is 12.5 Å². The molecule has 0 saturated heterocycles. The van der Waals surface area contributed by atoms with Gasteiger partial charge >= 0.3 is 5.97 Å². The van der Waals surface area contributed by atoms with Gasteiger partial charge in [0.1, 0.15) is 13.3 Å². The van der Waals surface area contributed by atoms with Crippen LogP contribution in [-0.2, 0) is 9.53 Å². The Morgan fingerprint density at radius 3 is 1.94 bits per heavy atom. The topological polar surface area (TPSA) is 32.5 Å². The van der Waals surface area contributed by atoms with Crippen LogP contribution in [0.25, 0.3) is 0 Å². The molecule has 0 amide bonds. The van der Waals surface area contributed by atoms with Crippen molar-refractivity contribution in [2.24, 2.45) is 17.8 Å². The van der Waals surface area contributed by atoms with Gasteiger partial charge in [0.2, 0.25) is 0 Å². The molecule has 2 aliphatic rings. The summed E-state index contributed by atoms with van der Waals surface area (Å²) in [6, 6.07) is 0.759. The van der Waals surface area contributed by atoms with E-state index in [2.05, 4.69) is 96.7 Å². The molecule has 2 atom stereocenters. The summed E-state index contributed by atoms with van der Waals surface area (Å²) in [5, 5.41) is 0. The van der Waals surface area contributed by atoms with Gasteiger partial charge in [-0.15, -0.1) is 0 Å². The quantitative estimate of drug-likeness (QED) is 0.0465. The van der Waals surface area contributed by atoms with Crippen LogP contribution in [0.5, 0.6) is 0 Å². The fourth-order valence-corrected chi connectivity index (χ4v) is 7.01. The van der Waals surface area contributed by atoms with Crippen LogP contribution in [0.2, 0.25) is 0 Å². The number of hydrogen-bond acceptors (Lipinski definition) is 3. The van der Waals surface area contributed by atoms with Crippen molar-refractivity contribution in [2.75, 3.05) is 32.8 Å². The van der Waals surface area contributed by atoms with Gasteiger partial charge in [0.05, 0.1) is 12.5 Å². The zero-order chi connectivity index (χ0) is 39.5. The van der Waals surface area contributed by atoms with E-state index in [-0.39, 0.29) is 11.9 Å². The molecule has 2 unspecified atom stereocenters. The van der Waals surface area contributed by atoms with E-state index in [1.807, 2.05) is 34.6 Å². The van der Waals surface area contributed by atoms with Crippen molar-refractivity contribution in [1.29, 1.82) is 0 Å². The number of ether oxygens (including phenoxy) is 1. The molecule has 302 valence electrons. The van der Waals surface area contributed by atoms with Gasteiger partial charge in [0.25, 0.3) is 0 Å². The van der Waals surface area contributed by atoms with Crippen molar-refractivity contribution >= 4 is 12.7 Å². The van der Waals surface area contributed by atoms with Gasteiger partial charge in [-0.3, -0.25) is 4.79 Å². The molecule has 4 heteroatoms. The van der Waals surface area contributed by atoms with Crippen LogP contribution in [0.1, 0.15) is 200 Å². The Balaban J connectivity index is -0.000000719. The largest absolute Gasteiger partial charge is 0.465 e. The summed E-state index contributed by atoms with van der Waals surface area (Å²) in [5.74, 6) is 1.70. The zero-order valence-electron chi connectivity index (χ0n) is 37.3. The number of esters is 1. The lowest BCUT2D eigenvalue weighted by Gasteiger charge is -2.26. The highest BCUT2D eigenvalue weighted by molar-refractivity contribution is 5.72. The van der Waals surface area contributed by atoms with Gasteiger partial charge in [-0.2, -0.15) is 0 Å². The Morgan fingerprint density at radius 1 is 0.863 bits per heavy atom. The van der Waals surface area contributed by atoms with Gasteiger partial charge in [0, 0.05) is 19.3 Å². The van der Waals surface area contributed by atoms with Crippen molar-refractivity contribution in [3.8, 4) is 0 Å². The van der Waals surface area contributed by atoms with Crippen LogP contribution in [-0.4, -0.2) is 61.0 Å². The molecule has 4 nitrogen and oxygen atoms in total. The molecule has 0 radical (unpaired) electrons. The minimum absolute atomic E-state index is 0.0128. The molecule has 0 aliphatic heterocycles. The molecule has 0 spiro atoms. The molecular formula is C47H93N2O2+. The van der Waals surface area contributed by atoms with Gasteiger partial charge < -0.3 is 9.64 Å². The summed E-state index contributed by atoms with van der Waals surface area (Å²) in [7, 11) is 0. The predicted molar refractivity (Wildman–Crippen MR) is 231 cm³/mol. The van der Waals surface area contributed by atoms with Crippen molar-refractivity contribution in [3.63, 3.8) is 0 Å². The van der Waals surface area contributed by atoms with E-state index in [1.165, 1.54) is 107 Å². The number of nitrogens with zero attached hydrogens (tertiary/aromatic N) is 2. The minimum Gasteiger partial charge on any atom is -0.465 e. The average Bonchev–Trinajstić information content (AvgIpc) is 3.36. The Bertz CT molecular complexity index is 880. The van der Waals surface area contributed by atoms with Crippen molar-refractivity contribution in [2.45, 2.75) is 206 Å². The summed E-state index contributed by atoms with van der Waals surface area (Å²) < 4.78 is 7.68. The first-order valence-corrected chi connectivity index (χ1v) is 21.9. The molecule has 51 heavy (non-hydrogen) atoms. The normalized spacial score (nSPS) is 18.6. The molecule has 0 heterocycles. The summed E-state index contributed by atoms with van der Waals surface area (Å²) in [4.78, 5) is 14.6. The molecule has 0 aromatic carbocycles. The highest BCUT2D eigenvalue weighted by atomic mass is 16.5. The second kappa shape index (κ2) is 38.1. The second-order valence-electron chi connectivity index (χ2n) is 14.9. The highest BCUT2D eigenvalue weighted by Gasteiger charge is 2.26. The maximum Gasteiger partial charge on any atom is 0.308 e. The fourth-order valence-electron chi connectivity index (χ4n) is 7.01. The van der Waals surface area contributed by atoms with Crippen molar-refractivity contribution < 1.29 is 14.1 Å². The highest BCUT2D eigenvalue weighted by Crippen LogP contribution is 2.29. The third-order valence-electron chi connectivity index (χ3n) is 9.52. The van der Waals surface area contributed by atoms with Crippen LogP contribution < -0.4 is 0 Å². The number of hydrogen-bond donors (Lipinski definition) is 0. The van der Waals surface area contributed by atoms with Gasteiger partial charge in [0.15, 0.2) is 6.04 Å². The lowest BCUT2D eigenvalue weighted by molar-refractivity contribution is -0.563. The van der Waals surface area contributed by atoms with Crippen LogP contribution in [0.15, 0.2) is 34.9 Å². The molecule has 2 aliphatic carbocycles. The average molecular weight is 718 g/mol. The lowest BCUT2D eigenvalue weighted by atomic mass is 9.84. The number of rotatable bonds is 18. The molecule has 1 saturated carbocycles. The Morgan fingerprint density at radius 2 is 1.47 bits per heavy atom. The maximum absolute atomic E-state index is 11.9. The standard InChI is InChI=1S/C19H39N2.C18H30O2.C6H12.2C2H6/c1-5-14-21(15-6-2)17-9-8-16-20(4)19-12-10-18(7-3)11-13-19;1-5-11-20-18(19)17-8-6-7-16(9-10-17)13-15(4)12-14(2)3;1-4-5-6(2)3;2*1-2/h18-19H,4-17H2,1-3H3;7,12,15,17H,5-6,8-11,13H2,1-4H3;5H,4H2,1-3H3;2*1-2H3/q+1;;;;. The number of carbonyl (C=O) groups excluding carboxylic acids is 1. The molecule has 2 rings (SSSR count). The smallest absolute Gasteiger partial charge is 0.308 e. The van der Waals surface area contributed by atoms with Crippen LogP contribution in [0.4, 0.5) is 0 Å².